The van der Waals surface area contributed by atoms with E-state index in [1.807, 2.05) is 26.2 Å². The van der Waals surface area contributed by atoms with Crippen molar-refractivity contribution in [1.82, 2.24) is 19.9 Å². The highest BCUT2D eigenvalue weighted by molar-refractivity contribution is 5.49. The Morgan fingerprint density at radius 3 is 2.74 bits per heavy atom. The van der Waals surface area contributed by atoms with Gasteiger partial charge in [-0.05, 0) is 13.8 Å². The van der Waals surface area contributed by atoms with Gasteiger partial charge >= 0.3 is 0 Å². The van der Waals surface area contributed by atoms with Gasteiger partial charge in [0.2, 0.25) is 0 Å². The van der Waals surface area contributed by atoms with Crippen LogP contribution in [-0.4, -0.2) is 19.9 Å². The van der Waals surface area contributed by atoms with Gasteiger partial charge in [-0.1, -0.05) is 6.92 Å². The first-order chi connectivity index (χ1) is 9.17. The molecule has 0 amide bonds. The highest BCUT2D eigenvalue weighted by atomic mass is 15.2. The monoisotopic (exact) mass is 255 g/mol. The average molecular weight is 255 g/mol. The summed E-state index contributed by atoms with van der Waals surface area (Å²) in [6, 6.07) is 0. The largest absolute Gasteiger partial charge is 0.346 e. The van der Waals surface area contributed by atoms with Gasteiger partial charge in [-0.3, -0.25) is 0 Å². The van der Waals surface area contributed by atoms with Crippen LogP contribution >= 0.6 is 0 Å². The number of hydrogen-bond donors (Lipinski definition) is 0. The number of rotatable bonds is 2. The second-order valence-corrected chi connectivity index (χ2v) is 4.89. The molecule has 2 aromatic rings. The van der Waals surface area contributed by atoms with Crippen molar-refractivity contribution in [3.05, 3.63) is 40.9 Å². The Balaban J connectivity index is 1.93. The van der Waals surface area contributed by atoms with Gasteiger partial charge in [-0.25, -0.2) is 19.9 Å². The minimum atomic E-state index is 0.803. The molecule has 3 rings (SSSR count). The van der Waals surface area contributed by atoms with E-state index in [0.29, 0.717) is 0 Å². The maximum Gasteiger partial charge on any atom is 0.135 e. The van der Waals surface area contributed by atoms with Crippen molar-refractivity contribution < 1.29 is 0 Å². The summed E-state index contributed by atoms with van der Waals surface area (Å²) in [5.74, 6) is 2.72. The maximum atomic E-state index is 4.60. The van der Waals surface area contributed by atoms with Crippen LogP contribution < -0.4 is 4.90 Å². The Hall–Kier alpha value is -2.04. The van der Waals surface area contributed by atoms with Gasteiger partial charge in [0.1, 0.15) is 17.5 Å². The van der Waals surface area contributed by atoms with E-state index in [-0.39, 0.29) is 0 Å². The summed E-state index contributed by atoms with van der Waals surface area (Å²) in [6.07, 6.45) is 4.70. The highest BCUT2D eigenvalue weighted by Gasteiger charge is 2.23. The molecule has 3 heterocycles. The minimum absolute atomic E-state index is 0.803. The summed E-state index contributed by atoms with van der Waals surface area (Å²) in [5.41, 5.74) is 3.43. The minimum Gasteiger partial charge on any atom is -0.346 e. The van der Waals surface area contributed by atoms with E-state index >= 15 is 0 Å². The predicted molar refractivity (Wildman–Crippen MR) is 72.8 cm³/mol. The third kappa shape index (κ3) is 2.16. The first-order valence-corrected chi connectivity index (χ1v) is 6.56. The Morgan fingerprint density at radius 1 is 1.11 bits per heavy atom. The molecular formula is C14H17N5. The third-order valence-electron chi connectivity index (χ3n) is 3.39. The zero-order valence-corrected chi connectivity index (χ0v) is 11.5. The molecule has 0 radical (unpaired) electrons. The molecule has 0 N–H and O–H groups in total. The van der Waals surface area contributed by atoms with Crippen LogP contribution in [0.5, 0.6) is 0 Å². The number of aryl methyl sites for hydroxylation is 3. The molecule has 2 aromatic heterocycles. The van der Waals surface area contributed by atoms with Crippen molar-refractivity contribution in [3.8, 4) is 0 Å². The average Bonchev–Trinajstić information content (AvgIpc) is 2.83. The third-order valence-corrected chi connectivity index (χ3v) is 3.39. The molecule has 0 fully saturated rings. The normalized spacial score (nSPS) is 13.7. The highest BCUT2D eigenvalue weighted by Crippen LogP contribution is 2.27. The van der Waals surface area contributed by atoms with Crippen molar-refractivity contribution >= 4 is 5.82 Å². The van der Waals surface area contributed by atoms with Crippen LogP contribution in [-0.2, 0) is 19.5 Å². The van der Waals surface area contributed by atoms with Crippen LogP contribution in [0.25, 0.3) is 0 Å². The molecule has 98 valence electrons. The number of hydrogen-bond acceptors (Lipinski definition) is 5. The van der Waals surface area contributed by atoms with Gasteiger partial charge in [0.05, 0.1) is 12.2 Å². The van der Waals surface area contributed by atoms with Gasteiger partial charge in [-0.15, -0.1) is 0 Å². The van der Waals surface area contributed by atoms with Crippen LogP contribution in [0.1, 0.15) is 35.4 Å². The fourth-order valence-electron chi connectivity index (χ4n) is 2.35. The van der Waals surface area contributed by atoms with Gasteiger partial charge in [0, 0.05) is 36.5 Å². The summed E-state index contributed by atoms with van der Waals surface area (Å²) >= 11 is 0. The number of aromatic nitrogens is 4. The summed E-state index contributed by atoms with van der Waals surface area (Å²) in [7, 11) is 0. The summed E-state index contributed by atoms with van der Waals surface area (Å²) in [4.78, 5) is 20.0. The molecule has 0 unspecified atom stereocenters. The van der Waals surface area contributed by atoms with Crippen LogP contribution in [0.3, 0.4) is 0 Å². The smallest absolute Gasteiger partial charge is 0.135 e. The van der Waals surface area contributed by atoms with E-state index < -0.39 is 0 Å². The lowest BCUT2D eigenvalue weighted by molar-refractivity contribution is 0.823. The van der Waals surface area contributed by atoms with Crippen LogP contribution in [0.2, 0.25) is 0 Å². The zero-order chi connectivity index (χ0) is 13.4. The number of nitrogens with zero attached hydrogens (tertiary/aromatic N) is 5. The van der Waals surface area contributed by atoms with E-state index in [9.17, 15) is 0 Å². The molecule has 5 heteroatoms. The first-order valence-electron chi connectivity index (χ1n) is 6.56. The van der Waals surface area contributed by atoms with Gasteiger partial charge < -0.3 is 4.90 Å². The number of anilines is 1. The Morgan fingerprint density at radius 2 is 1.95 bits per heavy atom. The molecule has 0 atom stereocenters. The van der Waals surface area contributed by atoms with Crippen molar-refractivity contribution in [2.75, 3.05) is 4.90 Å². The molecule has 0 bridgehead atoms. The van der Waals surface area contributed by atoms with Crippen LogP contribution in [0.4, 0.5) is 5.82 Å². The Kier molecular flexibility index (Phi) is 2.89. The number of fused-ring (bicyclic) bond motifs is 1. The summed E-state index contributed by atoms with van der Waals surface area (Å²) in [5, 5.41) is 0. The molecule has 19 heavy (non-hydrogen) atoms. The maximum absolute atomic E-state index is 4.60. The second-order valence-electron chi connectivity index (χ2n) is 4.89. The molecule has 0 aromatic carbocycles. The van der Waals surface area contributed by atoms with E-state index in [2.05, 4.69) is 31.8 Å². The molecule has 0 saturated carbocycles. The predicted octanol–water partition coefficient (Wildman–Crippen LogP) is 1.97. The van der Waals surface area contributed by atoms with Gasteiger partial charge in [-0.2, -0.15) is 0 Å². The summed E-state index contributed by atoms with van der Waals surface area (Å²) in [6.45, 7) is 7.67. The Bertz CT molecular complexity index is 623. The topological polar surface area (TPSA) is 54.8 Å². The molecule has 0 saturated heterocycles. The molecule has 0 aliphatic carbocycles. The molecular weight excluding hydrogens is 238 g/mol. The molecule has 1 aliphatic rings. The van der Waals surface area contributed by atoms with Crippen molar-refractivity contribution in [1.29, 1.82) is 0 Å². The van der Waals surface area contributed by atoms with Crippen molar-refractivity contribution in [3.63, 3.8) is 0 Å². The Labute approximate surface area is 112 Å². The van der Waals surface area contributed by atoms with Gasteiger partial charge in [0.15, 0.2) is 0 Å². The first kappa shape index (κ1) is 12.0. The van der Waals surface area contributed by atoms with Crippen molar-refractivity contribution in [2.45, 2.75) is 40.3 Å². The molecule has 0 spiro atoms. The molecule has 1 aliphatic heterocycles. The lowest BCUT2D eigenvalue weighted by Crippen LogP contribution is -2.18. The quantitative estimate of drug-likeness (QED) is 0.821. The van der Waals surface area contributed by atoms with Crippen LogP contribution in [0.15, 0.2) is 12.4 Å². The van der Waals surface area contributed by atoms with E-state index in [0.717, 1.165) is 48.2 Å². The van der Waals surface area contributed by atoms with Crippen LogP contribution in [0, 0.1) is 13.8 Å². The van der Waals surface area contributed by atoms with Crippen molar-refractivity contribution in [2.24, 2.45) is 0 Å². The second kappa shape index (κ2) is 4.57. The molecule has 5 nitrogen and oxygen atoms in total. The SMILES string of the molecule is CCc1ncc2c(n1)CN(c1nc(C)ncc1C)C2. The van der Waals surface area contributed by atoms with E-state index in [1.54, 1.807) is 0 Å². The fraction of sp³-hybridized carbons (Fsp3) is 0.429. The van der Waals surface area contributed by atoms with E-state index in [4.69, 9.17) is 0 Å². The van der Waals surface area contributed by atoms with E-state index in [1.165, 1.54) is 5.56 Å². The van der Waals surface area contributed by atoms with Gasteiger partial charge in [0.25, 0.3) is 0 Å². The lowest BCUT2D eigenvalue weighted by Gasteiger charge is -2.18. The lowest BCUT2D eigenvalue weighted by atomic mass is 10.3. The standard InChI is InChI=1S/C14H17N5/c1-4-13-16-6-11-7-19(8-12(11)18-13)14-9(2)5-15-10(3)17-14/h5-6H,4,7-8H2,1-3H3. The zero-order valence-electron chi connectivity index (χ0n) is 11.5. The summed E-state index contributed by atoms with van der Waals surface area (Å²) < 4.78 is 0. The fourth-order valence-corrected chi connectivity index (χ4v) is 2.35.